The average Bonchev–Trinajstić information content (AvgIpc) is 2.52. The van der Waals surface area contributed by atoms with Crippen molar-refractivity contribution in [2.24, 2.45) is 11.8 Å². The van der Waals surface area contributed by atoms with E-state index in [9.17, 15) is 9.59 Å². The highest BCUT2D eigenvalue weighted by atomic mass is 16.6. The number of carbonyl (C=O) groups is 2. The Bertz CT molecular complexity index is 356. The van der Waals surface area contributed by atoms with Gasteiger partial charge in [-0.15, -0.1) is 6.58 Å². The minimum atomic E-state index is -0.235. The number of esters is 1. The summed E-state index contributed by atoms with van der Waals surface area (Å²) >= 11 is 0. The average molecular weight is 297 g/mol. The lowest BCUT2D eigenvalue weighted by molar-refractivity contribution is -0.141. The summed E-state index contributed by atoms with van der Waals surface area (Å²) in [5.74, 6) is 0.405. The number of unbranched alkanes of at least 4 members (excludes halogenated alkanes) is 1. The van der Waals surface area contributed by atoms with E-state index in [1.54, 1.807) is 4.90 Å². The number of ether oxygens (including phenoxy) is 2. The van der Waals surface area contributed by atoms with Crippen LogP contribution in [-0.2, 0) is 14.3 Å². The van der Waals surface area contributed by atoms with Gasteiger partial charge in [0.15, 0.2) is 0 Å². The molecule has 5 nitrogen and oxygen atoms in total. The minimum Gasteiger partial charge on any atom is -0.469 e. The van der Waals surface area contributed by atoms with Crippen LogP contribution in [0.2, 0.25) is 0 Å². The van der Waals surface area contributed by atoms with Gasteiger partial charge in [0, 0.05) is 19.5 Å². The zero-order valence-corrected chi connectivity index (χ0v) is 13.2. The van der Waals surface area contributed by atoms with Crippen LogP contribution in [0.3, 0.4) is 0 Å². The summed E-state index contributed by atoms with van der Waals surface area (Å²) in [6, 6.07) is 0. The lowest BCUT2D eigenvalue weighted by Crippen LogP contribution is -2.43. The van der Waals surface area contributed by atoms with Crippen LogP contribution in [0.15, 0.2) is 12.7 Å². The highest BCUT2D eigenvalue weighted by Gasteiger charge is 2.30. The van der Waals surface area contributed by atoms with E-state index >= 15 is 0 Å². The summed E-state index contributed by atoms with van der Waals surface area (Å²) in [6.45, 7) is 7.71. The molecule has 0 saturated carbocycles. The summed E-state index contributed by atoms with van der Waals surface area (Å²) in [5, 5.41) is 0. The van der Waals surface area contributed by atoms with Crippen LogP contribution in [0.1, 0.15) is 39.0 Å². The topological polar surface area (TPSA) is 55.8 Å². The predicted molar refractivity (Wildman–Crippen MR) is 80.9 cm³/mol. The quantitative estimate of drug-likeness (QED) is 0.412. The third-order valence-corrected chi connectivity index (χ3v) is 4.04. The van der Waals surface area contributed by atoms with Crippen LogP contribution in [0, 0.1) is 11.8 Å². The number of nitrogens with zero attached hydrogens (tertiary/aromatic N) is 1. The summed E-state index contributed by atoms with van der Waals surface area (Å²) in [7, 11) is 1.40. The molecule has 0 aromatic heterocycles. The third kappa shape index (κ3) is 5.78. The molecule has 21 heavy (non-hydrogen) atoms. The van der Waals surface area contributed by atoms with Gasteiger partial charge in [-0.3, -0.25) is 4.79 Å². The number of likely N-dealkylation sites (tertiary alicyclic amines) is 1. The van der Waals surface area contributed by atoms with E-state index in [4.69, 9.17) is 4.74 Å². The molecule has 0 radical (unpaired) electrons. The fraction of sp³-hybridized carbons (Fsp3) is 0.750. The van der Waals surface area contributed by atoms with Crippen LogP contribution in [0.25, 0.3) is 0 Å². The molecule has 0 bridgehead atoms. The Kier molecular flexibility index (Phi) is 7.87. The molecule has 2 unspecified atom stereocenters. The van der Waals surface area contributed by atoms with Gasteiger partial charge in [-0.05, 0) is 31.1 Å². The van der Waals surface area contributed by atoms with Crippen LogP contribution in [0.5, 0.6) is 0 Å². The standard InChI is InChI=1S/C16H27NO4/c1-4-6-11-21-16(19)17-10-9-14(13(5-2)12-17)7-8-15(18)20-3/h5,13-14H,2,4,6-12H2,1,3H3. The van der Waals surface area contributed by atoms with Crippen LogP contribution < -0.4 is 0 Å². The number of rotatable bonds is 7. The Labute approximate surface area is 127 Å². The maximum Gasteiger partial charge on any atom is 0.409 e. The Balaban J connectivity index is 2.42. The molecule has 0 spiro atoms. The van der Waals surface area contributed by atoms with Crippen LogP contribution in [-0.4, -0.2) is 43.8 Å². The van der Waals surface area contributed by atoms with E-state index in [-0.39, 0.29) is 18.0 Å². The van der Waals surface area contributed by atoms with Crippen molar-refractivity contribution in [1.82, 2.24) is 4.90 Å². The molecular formula is C16H27NO4. The molecule has 2 atom stereocenters. The molecule has 0 aromatic carbocycles. The first-order valence-electron chi connectivity index (χ1n) is 7.73. The molecule has 0 N–H and O–H groups in total. The first-order valence-corrected chi connectivity index (χ1v) is 7.73. The van der Waals surface area contributed by atoms with Crippen molar-refractivity contribution in [3.8, 4) is 0 Å². The SMILES string of the molecule is C=CC1CN(C(=O)OCCCC)CCC1CCC(=O)OC. The maximum atomic E-state index is 11.9. The highest BCUT2D eigenvalue weighted by molar-refractivity contribution is 5.69. The number of piperidine rings is 1. The number of carbonyl (C=O) groups excluding carboxylic acids is 2. The lowest BCUT2D eigenvalue weighted by atomic mass is 9.82. The molecule has 0 aromatic rings. The van der Waals surface area contributed by atoms with Gasteiger partial charge in [0.25, 0.3) is 0 Å². The van der Waals surface area contributed by atoms with Gasteiger partial charge < -0.3 is 14.4 Å². The summed E-state index contributed by atoms with van der Waals surface area (Å²) < 4.78 is 9.92. The Hall–Kier alpha value is -1.52. The largest absolute Gasteiger partial charge is 0.469 e. The zero-order valence-electron chi connectivity index (χ0n) is 13.2. The molecule has 1 saturated heterocycles. The van der Waals surface area contributed by atoms with Gasteiger partial charge in [0.05, 0.1) is 13.7 Å². The molecule has 1 rings (SSSR count). The fourth-order valence-electron chi connectivity index (χ4n) is 2.62. The second-order valence-electron chi connectivity index (χ2n) is 5.48. The number of amides is 1. The van der Waals surface area contributed by atoms with E-state index in [1.165, 1.54) is 7.11 Å². The molecule has 1 fully saturated rings. The van der Waals surface area contributed by atoms with Crippen molar-refractivity contribution >= 4 is 12.1 Å². The van der Waals surface area contributed by atoms with Crippen LogP contribution in [0.4, 0.5) is 4.79 Å². The first-order chi connectivity index (χ1) is 10.1. The summed E-state index contributed by atoms with van der Waals surface area (Å²) in [6.07, 6.45) is 5.63. The van der Waals surface area contributed by atoms with E-state index in [0.717, 1.165) is 25.7 Å². The van der Waals surface area contributed by atoms with Crippen molar-refractivity contribution < 1.29 is 19.1 Å². The Morgan fingerprint density at radius 3 is 2.81 bits per heavy atom. The number of hydrogen-bond donors (Lipinski definition) is 0. The van der Waals surface area contributed by atoms with Gasteiger partial charge in [-0.2, -0.15) is 0 Å². The van der Waals surface area contributed by atoms with E-state index in [0.29, 0.717) is 32.0 Å². The van der Waals surface area contributed by atoms with Crippen LogP contribution >= 0.6 is 0 Å². The lowest BCUT2D eigenvalue weighted by Gasteiger charge is -2.36. The fourth-order valence-corrected chi connectivity index (χ4v) is 2.62. The van der Waals surface area contributed by atoms with Crippen molar-refractivity contribution in [1.29, 1.82) is 0 Å². The summed E-state index contributed by atoms with van der Waals surface area (Å²) in [4.78, 5) is 24.9. The van der Waals surface area contributed by atoms with Gasteiger partial charge in [0.1, 0.15) is 0 Å². The van der Waals surface area contributed by atoms with Crippen molar-refractivity contribution in [2.75, 3.05) is 26.8 Å². The maximum absolute atomic E-state index is 11.9. The monoisotopic (exact) mass is 297 g/mol. The Morgan fingerprint density at radius 1 is 1.43 bits per heavy atom. The molecule has 1 aliphatic rings. The van der Waals surface area contributed by atoms with Gasteiger partial charge in [-0.25, -0.2) is 4.79 Å². The van der Waals surface area contributed by atoms with E-state index < -0.39 is 0 Å². The van der Waals surface area contributed by atoms with E-state index in [2.05, 4.69) is 18.2 Å². The smallest absolute Gasteiger partial charge is 0.409 e. The molecule has 120 valence electrons. The molecule has 5 heteroatoms. The highest BCUT2D eigenvalue weighted by Crippen LogP contribution is 2.29. The van der Waals surface area contributed by atoms with Gasteiger partial charge >= 0.3 is 12.1 Å². The van der Waals surface area contributed by atoms with E-state index in [1.807, 2.05) is 6.08 Å². The number of methoxy groups -OCH3 is 1. The second-order valence-corrected chi connectivity index (χ2v) is 5.48. The van der Waals surface area contributed by atoms with Crippen molar-refractivity contribution in [2.45, 2.75) is 39.0 Å². The zero-order chi connectivity index (χ0) is 15.7. The number of hydrogen-bond acceptors (Lipinski definition) is 4. The molecule has 1 heterocycles. The van der Waals surface area contributed by atoms with Crippen molar-refractivity contribution in [3.05, 3.63) is 12.7 Å². The normalized spacial score (nSPS) is 21.7. The van der Waals surface area contributed by atoms with Gasteiger partial charge in [-0.1, -0.05) is 19.4 Å². The molecule has 1 amide bonds. The minimum absolute atomic E-state index is 0.181. The van der Waals surface area contributed by atoms with Gasteiger partial charge in [0.2, 0.25) is 0 Å². The predicted octanol–water partition coefficient (Wildman–Crippen LogP) is 3.00. The molecule has 1 aliphatic heterocycles. The molecular weight excluding hydrogens is 270 g/mol. The second kappa shape index (κ2) is 9.42. The Morgan fingerprint density at radius 2 is 2.19 bits per heavy atom. The summed E-state index contributed by atoms with van der Waals surface area (Å²) in [5.41, 5.74) is 0. The first kappa shape index (κ1) is 17.5. The third-order valence-electron chi connectivity index (χ3n) is 4.04. The molecule has 0 aliphatic carbocycles. The van der Waals surface area contributed by atoms with Crippen molar-refractivity contribution in [3.63, 3.8) is 0 Å².